The maximum Gasteiger partial charge on any atom is 0.276 e. The lowest BCUT2D eigenvalue weighted by atomic mass is 9.88. The molecule has 1 aromatic carbocycles. The molecular formula is C18H22N2O2. The molecule has 1 amide bonds. The van der Waals surface area contributed by atoms with Crippen molar-refractivity contribution in [2.75, 3.05) is 0 Å². The average Bonchev–Trinajstić information content (AvgIpc) is 2.97. The van der Waals surface area contributed by atoms with Crippen molar-refractivity contribution in [3.63, 3.8) is 0 Å². The van der Waals surface area contributed by atoms with Crippen LogP contribution in [-0.4, -0.2) is 28.0 Å². The van der Waals surface area contributed by atoms with Crippen molar-refractivity contribution in [1.82, 2.24) is 10.1 Å². The van der Waals surface area contributed by atoms with Crippen molar-refractivity contribution in [1.29, 1.82) is 0 Å². The van der Waals surface area contributed by atoms with Crippen molar-refractivity contribution < 1.29 is 9.32 Å². The molecule has 0 radical (unpaired) electrons. The maximum atomic E-state index is 12.8. The van der Waals surface area contributed by atoms with Crippen LogP contribution in [0.25, 0.3) is 11.3 Å². The maximum absolute atomic E-state index is 12.8. The molecule has 22 heavy (non-hydrogen) atoms. The number of nitrogens with zero attached hydrogens (tertiary/aromatic N) is 2. The SMILES string of the molecule is CC1CC(C)N(C(=O)c2cc(-c3ccccc3)on2)C(C)C1. The molecule has 1 aliphatic heterocycles. The van der Waals surface area contributed by atoms with E-state index in [2.05, 4.69) is 25.9 Å². The van der Waals surface area contributed by atoms with E-state index in [1.807, 2.05) is 35.2 Å². The number of hydrogen-bond donors (Lipinski definition) is 0. The van der Waals surface area contributed by atoms with Gasteiger partial charge in [-0.25, -0.2) is 0 Å². The monoisotopic (exact) mass is 298 g/mol. The molecular weight excluding hydrogens is 276 g/mol. The molecule has 2 aromatic rings. The molecule has 4 heteroatoms. The molecule has 0 N–H and O–H groups in total. The molecule has 0 spiro atoms. The molecule has 4 nitrogen and oxygen atoms in total. The first-order valence-electron chi connectivity index (χ1n) is 7.91. The highest BCUT2D eigenvalue weighted by Crippen LogP contribution is 2.29. The molecule has 2 atom stereocenters. The first-order chi connectivity index (χ1) is 10.6. The van der Waals surface area contributed by atoms with E-state index < -0.39 is 0 Å². The summed E-state index contributed by atoms with van der Waals surface area (Å²) in [5.41, 5.74) is 1.33. The first kappa shape index (κ1) is 14.8. The summed E-state index contributed by atoms with van der Waals surface area (Å²) in [7, 11) is 0. The predicted molar refractivity (Wildman–Crippen MR) is 85.4 cm³/mol. The third kappa shape index (κ3) is 2.78. The van der Waals surface area contributed by atoms with Gasteiger partial charge in [0.1, 0.15) is 0 Å². The van der Waals surface area contributed by atoms with Crippen LogP contribution in [0.1, 0.15) is 44.1 Å². The predicted octanol–water partition coefficient (Wildman–Crippen LogP) is 3.99. The number of aromatic nitrogens is 1. The molecule has 1 saturated heterocycles. The zero-order chi connectivity index (χ0) is 15.7. The Labute approximate surface area is 131 Å². The Morgan fingerprint density at radius 3 is 2.41 bits per heavy atom. The fourth-order valence-electron chi connectivity index (χ4n) is 3.57. The third-order valence-electron chi connectivity index (χ3n) is 4.46. The summed E-state index contributed by atoms with van der Waals surface area (Å²) in [6.45, 7) is 6.48. The fraction of sp³-hybridized carbons (Fsp3) is 0.444. The minimum absolute atomic E-state index is 0.0298. The second-order valence-corrected chi connectivity index (χ2v) is 6.43. The quantitative estimate of drug-likeness (QED) is 0.842. The summed E-state index contributed by atoms with van der Waals surface area (Å²) in [6.07, 6.45) is 2.08. The van der Waals surface area contributed by atoms with Crippen molar-refractivity contribution in [3.8, 4) is 11.3 Å². The first-order valence-corrected chi connectivity index (χ1v) is 7.91. The van der Waals surface area contributed by atoms with E-state index in [-0.39, 0.29) is 18.0 Å². The zero-order valence-electron chi connectivity index (χ0n) is 13.3. The average molecular weight is 298 g/mol. The molecule has 1 aromatic heterocycles. The summed E-state index contributed by atoms with van der Waals surface area (Å²) < 4.78 is 5.36. The Balaban J connectivity index is 1.82. The van der Waals surface area contributed by atoms with Crippen LogP contribution in [0.15, 0.2) is 40.9 Å². The smallest absolute Gasteiger partial charge is 0.276 e. The Hall–Kier alpha value is -2.10. The summed E-state index contributed by atoms with van der Waals surface area (Å²) in [4.78, 5) is 14.7. The summed E-state index contributed by atoms with van der Waals surface area (Å²) in [5.74, 6) is 1.26. The van der Waals surface area contributed by atoms with Crippen molar-refractivity contribution in [2.24, 2.45) is 5.92 Å². The highest BCUT2D eigenvalue weighted by molar-refractivity contribution is 5.93. The molecule has 0 aliphatic carbocycles. The number of carbonyl (C=O) groups is 1. The number of benzene rings is 1. The number of likely N-dealkylation sites (tertiary alicyclic amines) is 1. The Bertz CT molecular complexity index is 638. The molecule has 2 heterocycles. The minimum Gasteiger partial charge on any atom is -0.355 e. The largest absolute Gasteiger partial charge is 0.355 e. The van der Waals surface area contributed by atoms with Crippen LogP contribution in [0.2, 0.25) is 0 Å². The van der Waals surface area contributed by atoms with Gasteiger partial charge in [0.2, 0.25) is 0 Å². The lowest BCUT2D eigenvalue weighted by Crippen LogP contribution is -2.49. The summed E-state index contributed by atoms with van der Waals surface area (Å²) in [5, 5.41) is 3.99. The van der Waals surface area contributed by atoms with E-state index in [0.29, 0.717) is 17.4 Å². The number of piperidine rings is 1. The van der Waals surface area contributed by atoms with Crippen LogP contribution in [0.4, 0.5) is 0 Å². The van der Waals surface area contributed by atoms with E-state index >= 15 is 0 Å². The molecule has 2 unspecified atom stereocenters. The van der Waals surface area contributed by atoms with Gasteiger partial charge in [0, 0.05) is 23.7 Å². The highest BCUT2D eigenvalue weighted by Gasteiger charge is 2.34. The molecule has 1 aliphatic rings. The Morgan fingerprint density at radius 1 is 1.14 bits per heavy atom. The van der Waals surface area contributed by atoms with Crippen molar-refractivity contribution in [3.05, 3.63) is 42.1 Å². The van der Waals surface area contributed by atoms with E-state index in [9.17, 15) is 4.79 Å². The van der Waals surface area contributed by atoms with Gasteiger partial charge >= 0.3 is 0 Å². The minimum atomic E-state index is -0.0298. The van der Waals surface area contributed by atoms with Gasteiger partial charge in [-0.3, -0.25) is 4.79 Å². The van der Waals surface area contributed by atoms with Crippen LogP contribution in [-0.2, 0) is 0 Å². The second-order valence-electron chi connectivity index (χ2n) is 6.43. The van der Waals surface area contributed by atoms with E-state index in [1.165, 1.54) is 0 Å². The van der Waals surface area contributed by atoms with E-state index in [0.717, 1.165) is 18.4 Å². The molecule has 116 valence electrons. The molecule has 1 fully saturated rings. The van der Waals surface area contributed by atoms with Crippen molar-refractivity contribution >= 4 is 5.91 Å². The molecule has 0 bridgehead atoms. The van der Waals surface area contributed by atoms with Gasteiger partial charge in [-0.05, 0) is 32.6 Å². The topological polar surface area (TPSA) is 46.3 Å². The Morgan fingerprint density at radius 2 is 1.77 bits per heavy atom. The van der Waals surface area contributed by atoms with E-state index in [1.54, 1.807) is 6.07 Å². The van der Waals surface area contributed by atoms with Gasteiger partial charge in [0.25, 0.3) is 5.91 Å². The Kier molecular flexibility index (Phi) is 4.01. The lowest BCUT2D eigenvalue weighted by Gasteiger charge is -2.41. The third-order valence-corrected chi connectivity index (χ3v) is 4.46. The zero-order valence-corrected chi connectivity index (χ0v) is 13.3. The van der Waals surface area contributed by atoms with Gasteiger partial charge in [0.15, 0.2) is 11.5 Å². The van der Waals surface area contributed by atoms with Crippen LogP contribution >= 0.6 is 0 Å². The van der Waals surface area contributed by atoms with Crippen LogP contribution < -0.4 is 0 Å². The van der Waals surface area contributed by atoms with Crippen LogP contribution in [0.5, 0.6) is 0 Å². The number of rotatable bonds is 2. The number of carbonyl (C=O) groups excluding carboxylic acids is 1. The summed E-state index contributed by atoms with van der Waals surface area (Å²) in [6, 6.07) is 11.9. The number of hydrogen-bond acceptors (Lipinski definition) is 3. The fourth-order valence-corrected chi connectivity index (χ4v) is 3.57. The normalized spacial score (nSPS) is 25.2. The van der Waals surface area contributed by atoms with Crippen molar-refractivity contribution in [2.45, 2.75) is 45.7 Å². The van der Waals surface area contributed by atoms with Gasteiger partial charge in [-0.2, -0.15) is 0 Å². The van der Waals surface area contributed by atoms with Crippen LogP contribution in [0, 0.1) is 5.92 Å². The van der Waals surface area contributed by atoms with Gasteiger partial charge in [0.05, 0.1) is 0 Å². The molecule has 3 rings (SSSR count). The second kappa shape index (κ2) is 5.95. The van der Waals surface area contributed by atoms with Gasteiger partial charge in [-0.15, -0.1) is 0 Å². The van der Waals surface area contributed by atoms with E-state index in [4.69, 9.17) is 4.52 Å². The highest BCUT2D eigenvalue weighted by atomic mass is 16.5. The standard InChI is InChI=1S/C18H22N2O2/c1-12-9-13(2)20(14(3)10-12)18(21)16-11-17(22-19-16)15-7-5-4-6-8-15/h4-8,11-14H,9-10H2,1-3H3. The van der Waals surface area contributed by atoms with Crippen LogP contribution in [0.3, 0.4) is 0 Å². The summed E-state index contributed by atoms with van der Waals surface area (Å²) >= 11 is 0. The lowest BCUT2D eigenvalue weighted by molar-refractivity contribution is 0.0424. The number of amides is 1. The molecule has 0 saturated carbocycles. The van der Waals surface area contributed by atoms with Gasteiger partial charge < -0.3 is 9.42 Å². The van der Waals surface area contributed by atoms with Gasteiger partial charge in [-0.1, -0.05) is 42.4 Å².